The van der Waals surface area contributed by atoms with E-state index in [1.807, 2.05) is 13.8 Å². The highest BCUT2D eigenvalue weighted by Crippen LogP contribution is 2.32. The van der Waals surface area contributed by atoms with Crippen LogP contribution in [0, 0.1) is 0 Å². The molecule has 20 heavy (non-hydrogen) atoms. The second-order valence-electron chi connectivity index (χ2n) is 6.01. The fraction of sp³-hybridized carbons (Fsp3) is 0.588. The van der Waals surface area contributed by atoms with Gasteiger partial charge in [-0.05, 0) is 38.2 Å². The summed E-state index contributed by atoms with van der Waals surface area (Å²) in [6.45, 7) is 4.41. The van der Waals surface area contributed by atoms with Crippen molar-refractivity contribution in [3.63, 3.8) is 0 Å². The molecule has 1 aromatic rings. The van der Waals surface area contributed by atoms with E-state index >= 15 is 0 Å². The van der Waals surface area contributed by atoms with Crippen LogP contribution in [0.4, 0.5) is 0 Å². The van der Waals surface area contributed by atoms with E-state index in [1.165, 1.54) is 24.8 Å². The van der Waals surface area contributed by atoms with Crippen molar-refractivity contribution in [2.75, 3.05) is 6.54 Å². The number of rotatable bonds is 5. The topological polar surface area (TPSA) is 41.1 Å². The maximum absolute atomic E-state index is 11.8. The summed E-state index contributed by atoms with van der Waals surface area (Å²) >= 11 is 0. The summed E-state index contributed by atoms with van der Waals surface area (Å²) in [5, 5.41) is 6.40. The number of benzene rings is 1. The maximum atomic E-state index is 11.8. The summed E-state index contributed by atoms with van der Waals surface area (Å²) in [6.07, 6.45) is 4.92. The molecule has 0 heterocycles. The minimum Gasteiger partial charge on any atom is -0.353 e. The number of carbonyl (C=O) groups excluding carboxylic acids is 1. The molecule has 2 rings (SSSR count). The van der Waals surface area contributed by atoms with Crippen LogP contribution in [-0.2, 0) is 4.79 Å². The quantitative estimate of drug-likeness (QED) is 0.867. The first-order valence-electron chi connectivity index (χ1n) is 7.74. The van der Waals surface area contributed by atoms with Gasteiger partial charge in [0.1, 0.15) is 0 Å². The van der Waals surface area contributed by atoms with Crippen molar-refractivity contribution in [3.05, 3.63) is 35.9 Å². The fourth-order valence-electron chi connectivity index (χ4n) is 3.07. The SMILES string of the molecule is CC(C)NC(=O)CNC1CCCCC1c1ccccc1. The lowest BCUT2D eigenvalue weighted by Crippen LogP contribution is -2.44. The first-order chi connectivity index (χ1) is 9.66. The van der Waals surface area contributed by atoms with Crippen molar-refractivity contribution in [1.29, 1.82) is 0 Å². The van der Waals surface area contributed by atoms with Gasteiger partial charge < -0.3 is 10.6 Å². The van der Waals surface area contributed by atoms with Crippen molar-refractivity contribution in [2.24, 2.45) is 0 Å². The molecule has 2 atom stereocenters. The van der Waals surface area contributed by atoms with E-state index in [2.05, 4.69) is 41.0 Å². The van der Waals surface area contributed by atoms with E-state index < -0.39 is 0 Å². The Bertz CT molecular complexity index is 416. The third-order valence-electron chi connectivity index (χ3n) is 3.97. The molecule has 110 valence electrons. The Balaban J connectivity index is 1.92. The van der Waals surface area contributed by atoms with Crippen LogP contribution in [0.15, 0.2) is 30.3 Å². The molecule has 1 aliphatic carbocycles. The molecule has 0 saturated heterocycles. The molecule has 0 bridgehead atoms. The molecular weight excluding hydrogens is 248 g/mol. The lowest BCUT2D eigenvalue weighted by Gasteiger charge is -2.32. The number of hydrogen-bond donors (Lipinski definition) is 2. The Morgan fingerprint density at radius 1 is 1.20 bits per heavy atom. The monoisotopic (exact) mass is 274 g/mol. The van der Waals surface area contributed by atoms with Crippen molar-refractivity contribution in [2.45, 2.75) is 57.5 Å². The summed E-state index contributed by atoms with van der Waals surface area (Å²) in [5.41, 5.74) is 1.40. The highest BCUT2D eigenvalue weighted by atomic mass is 16.1. The normalized spacial score (nSPS) is 22.8. The van der Waals surface area contributed by atoms with Gasteiger partial charge in [-0.1, -0.05) is 43.2 Å². The molecule has 0 spiro atoms. The molecule has 1 aromatic carbocycles. The minimum absolute atomic E-state index is 0.0948. The molecule has 2 unspecified atom stereocenters. The van der Waals surface area contributed by atoms with Crippen LogP contribution in [0.1, 0.15) is 51.0 Å². The van der Waals surface area contributed by atoms with Crippen LogP contribution in [0.2, 0.25) is 0 Å². The Hall–Kier alpha value is -1.35. The molecule has 0 aromatic heterocycles. The Morgan fingerprint density at radius 3 is 2.60 bits per heavy atom. The van der Waals surface area contributed by atoms with Gasteiger partial charge in [0.15, 0.2) is 0 Å². The Labute approximate surface area is 122 Å². The number of carbonyl (C=O) groups is 1. The number of amides is 1. The zero-order valence-electron chi connectivity index (χ0n) is 12.6. The second-order valence-corrected chi connectivity index (χ2v) is 6.01. The summed E-state index contributed by atoms with van der Waals surface area (Å²) in [5.74, 6) is 0.634. The van der Waals surface area contributed by atoms with Gasteiger partial charge in [0.2, 0.25) is 5.91 Å². The second kappa shape index (κ2) is 7.44. The van der Waals surface area contributed by atoms with Crippen molar-refractivity contribution >= 4 is 5.91 Å². The molecular formula is C17H26N2O. The Morgan fingerprint density at radius 2 is 1.90 bits per heavy atom. The standard InChI is InChI=1S/C17H26N2O/c1-13(2)19-17(20)12-18-16-11-7-6-10-15(16)14-8-4-3-5-9-14/h3-5,8-9,13,15-16,18H,6-7,10-12H2,1-2H3,(H,19,20). The predicted molar refractivity (Wildman–Crippen MR) is 82.7 cm³/mol. The predicted octanol–water partition coefficient (Wildman–Crippen LogP) is 2.83. The van der Waals surface area contributed by atoms with Gasteiger partial charge in [-0.15, -0.1) is 0 Å². The zero-order chi connectivity index (χ0) is 14.4. The molecule has 1 aliphatic rings. The van der Waals surface area contributed by atoms with Crippen LogP contribution in [0.3, 0.4) is 0 Å². The van der Waals surface area contributed by atoms with Crippen LogP contribution >= 0.6 is 0 Å². The lowest BCUT2D eigenvalue weighted by atomic mass is 9.80. The average molecular weight is 274 g/mol. The van der Waals surface area contributed by atoms with Crippen LogP contribution < -0.4 is 10.6 Å². The van der Waals surface area contributed by atoms with Gasteiger partial charge in [0, 0.05) is 12.1 Å². The van der Waals surface area contributed by atoms with Crippen LogP contribution in [0.25, 0.3) is 0 Å². The molecule has 1 saturated carbocycles. The summed E-state index contributed by atoms with van der Waals surface area (Å²) in [4.78, 5) is 11.8. The fourth-order valence-corrected chi connectivity index (χ4v) is 3.07. The lowest BCUT2D eigenvalue weighted by molar-refractivity contribution is -0.120. The molecule has 3 heteroatoms. The molecule has 1 fully saturated rings. The van der Waals surface area contributed by atoms with Crippen molar-refractivity contribution < 1.29 is 4.79 Å². The van der Waals surface area contributed by atoms with Crippen LogP contribution in [0.5, 0.6) is 0 Å². The Kier molecular flexibility index (Phi) is 5.60. The van der Waals surface area contributed by atoms with Gasteiger partial charge in [-0.3, -0.25) is 4.79 Å². The largest absolute Gasteiger partial charge is 0.353 e. The number of nitrogens with one attached hydrogen (secondary N) is 2. The molecule has 2 N–H and O–H groups in total. The van der Waals surface area contributed by atoms with Crippen LogP contribution in [-0.4, -0.2) is 24.5 Å². The molecule has 3 nitrogen and oxygen atoms in total. The third kappa shape index (κ3) is 4.34. The first-order valence-corrected chi connectivity index (χ1v) is 7.74. The maximum Gasteiger partial charge on any atom is 0.234 e. The molecule has 0 aliphatic heterocycles. The van der Waals surface area contributed by atoms with Gasteiger partial charge in [-0.25, -0.2) is 0 Å². The smallest absolute Gasteiger partial charge is 0.234 e. The van der Waals surface area contributed by atoms with E-state index in [9.17, 15) is 4.79 Å². The average Bonchev–Trinajstić information content (AvgIpc) is 2.46. The number of hydrogen-bond acceptors (Lipinski definition) is 2. The highest BCUT2D eigenvalue weighted by Gasteiger charge is 2.26. The molecule has 0 radical (unpaired) electrons. The summed E-state index contributed by atoms with van der Waals surface area (Å²) in [7, 11) is 0. The van der Waals surface area contributed by atoms with E-state index in [-0.39, 0.29) is 11.9 Å². The zero-order valence-corrected chi connectivity index (χ0v) is 12.6. The van der Waals surface area contributed by atoms with Gasteiger partial charge in [0.05, 0.1) is 6.54 Å². The third-order valence-corrected chi connectivity index (χ3v) is 3.97. The van der Waals surface area contributed by atoms with E-state index in [0.29, 0.717) is 18.5 Å². The van der Waals surface area contributed by atoms with Gasteiger partial charge in [-0.2, -0.15) is 0 Å². The van der Waals surface area contributed by atoms with E-state index in [4.69, 9.17) is 0 Å². The van der Waals surface area contributed by atoms with Crippen molar-refractivity contribution in [3.8, 4) is 0 Å². The summed E-state index contributed by atoms with van der Waals surface area (Å²) < 4.78 is 0. The van der Waals surface area contributed by atoms with E-state index in [0.717, 1.165) is 6.42 Å². The molecule has 1 amide bonds. The van der Waals surface area contributed by atoms with E-state index in [1.54, 1.807) is 0 Å². The minimum atomic E-state index is 0.0948. The van der Waals surface area contributed by atoms with Crippen molar-refractivity contribution in [1.82, 2.24) is 10.6 Å². The van der Waals surface area contributed by atoms with Gasteiger partial charge in [0.25, 0.3) is 0 Å². The summed E-state index contributed by atoms with van der Waals surface area (Å²) in [6, 6.07) is 11.3. The highest BCUT2D eigenvalue weighted by molar-refractivity contribution is 5.78. The van der Waals surface area contributed by atoms with Gasteiger partial charge >= 0.3 is 0 Å². The first kappa shape index (κ1) is 15.0.